The van der Waals surface area contributed by atoms with Crippen molar-refractivity contribution < 1.29 is 18.4 Å². The number of nitrogens with two attached hydrogens (primary N) is 1. The first-order chi connectivity index (χ1) is 11.5. The number of nitrogens with zero attached hydrogens (tertiary/aromatic N) is 1. The second-order valence-corrected chi connectivity index (χ2v) is 6.42. The summed E-state index contributed by atoms with van der Waals surface area (Å²) in [6, 6.07) is 15.4. The van der Waals surface area contributed by atoms with Crippen LogP contribution >= 0.6 is 0 Å². The second kappa shape index (κ2) is 7.87. The van der Waals surface area contributed by atoms with Crippen LogP contribution in [-0.2, 0) is 14.9 Å². The number of allylic oxidation sites excluding steroid dienone is 1. The Balaban J connectivity index is 2.52. The lowest BCUT2D eigenvalue weighted by Crippen LogP contribution is -2.12. The lowest BCUT2D eigenvalue weighted by atomic mass is 9.96. The van der Waals surface area contributed by atoms with E-state index >= 15 is 0 Å². The molecule has 6 nitrogen and oxygen atoms in total. The van der Waals surface area contributed by atoms with Crippen LogP contribution in [0, 0.1) is 0 Å². The minimum absolute atomic E-state index is 0.0135. The molecule has 0 saturated carbocycles. The fourth-order valence-corrected chi connectivity index (χ4v) is 2.73. The van der Waals surface area contributed by atoms with Gasteiger partial charge in [0.05, 0.1) is 11.5 Å². The lowest BCUT2D eigenvalue weighted by molar-refractivity contribution is 0.214. The van der Waals surface area contributed by atoms with Crippen LogP contribution in [0.2, 0.25) is 0 Å². The molecule has 0 heterocycles. The average molecular weight is 346 g/mol. The first-order valence-electron chi connectivity index (χ1n) is 7.08. The molecule has 3 N–H and O–H groups in total. The van der Waals surface area contributed by atoms with Crippen molar-refractivity contribution in [3.8, 4) is 0 Å². The molecule has 24 heavy (non-hydrogen) atoms. The third-order valence-electron chi connectivity index (χ3n) is 3.27. The van der Waals surface area contributed by atoms with Gasteiger partial charge in [0.15, 0.2) is 0 Å². The van der Waals surface area contributed by atoms with Crippen molar-refractivity contribution in [3.05, 3.63) is 71.8 Å². The van der Waals surface area contributed by atoms with Crippen molar-refractivity contribution in [2.45, 2.75) is 4.90 Å². The standard InChI is InChI=1S/C17H18N2O4S/c1-23-19-17(14-5-3-2-4-6-14)16(11-12-20)13-7-9-15(10-8-13)24(18,21)22/h2-11,20H,12H2,1H3,(H2,18,21,22)/b16-11+,19-17-. The summed E-state index contributed by atoms with van der Waals surface area (Å²) >= 11 is 0. The van der Waals surface area contributed by atoms with Gasteiger partial charge in [-0.05, 0) is 23.8 Å². The Bertz CT molecular complexity index is 842. The van der Waals surface area contributed by atoms with Crippen molar-refractivity contribution in [1.29, 1.82) is 0 Å². The van der Waals surface area contributed by atoms with E-state index in [0.29, 0.717) is 16.8 Å². The van der Waals surface area contributed by atoms with Crippen LogP contribution in [0.25, 0.3) is 5.57 Å². The predicted octanol–water partition coefficient (Wildman–Crippen LogP) is 1.76. The van der Waals surface area contributed by atoms with Crippen LogP contribution in [0.15, 0.2) is 70.7 Å². The zero-order chi connectivity index (χ0) is 17.6. The SMILES string of the molecule is CO/N=C(\C(=C\CO)c1ccc(S(N)(=O)=O)cc1)c1ccccc1. The van der Waals surface area contributed by atoms with Crippen molar-refractivity contribution in [2.24, 2.45) is 10.3 Å². The fourth-order valence-electron chi connectivity index (χ4n) is 2.21. The molecule has 0 fully saturated rings. The molecule has 0 bridgehead atoms. The third-order valence-corrected chi connectivity index (χ3v) is 4.20. The van der Waals surface area contributed by atoms with E-state index in [4.69, 9.17) is 9.98 Å². The van der Waals surface area contributed by atoms with E-state index in [1.807, 2.05) is 30.3 Å². The van der Waals surface area contributed by atoms with Crippen molar-refractivity contribution in [3.63, 3.8) is 0 Å². The van der Waals surface area contributed by atoms with Gasteiger partial charge in [0, 0.05) is 11.1 Å². The summed E-state index contributed by atoms with van der Waals surface area (Å²) in [6.45, 7) is -0.207. The van der Waals surface area contributed by atoms with Gasteiger partial charge < -0.3 is 9.94 Å². The van der Waals surface area contributed by atoms with Crippen LogP contribution in [0.3, 0.4) is 0 Å². The monoisotopic (exact) mass is 346 g/mol. The molecular formula is C17H18N2O4S. The van der Waals surface area contributed by atoms with E-state index < -0.39 is 10.0 Å². The number of benzene rings is 2. The molecule has 0 amide bonds. The largest absolute Gasteiger partial charge is 0.399 e. The highest BCUT2D eigenvalue weighted by molar-refractivity contribution is 7.89. The van der Waals surface area contributed by atoms with Gasteiger partial charge in [-0.1, -0.05) is 47.6 Å². The Kier molecular flexibility index (Phi) is 5.86. The molecule has 0 saturated heterocycles. The minimum Gasteiger partial charge on any atom is -0.399 e. The van der Waals surface area contributed by atoms with Gasteiger partial charge in [-0.25, -0.2) is 13.6 Å². The molecular weight excluding hydrogens is 328 g/mol. The van der Waals surface area contributed by atoms with Gasteiger partial charge >= 0.3 is 0 Å². The first-order valence-corrected chi connectivity index (χ1v) is 8.63. The molecule has 7 heteroatoms. The summed E-state index contributed by atoms with van der Waals surface area (Å²) < 4.78 is 22.8. The molecule has 0 aliphatic rings. The molecule has 0 aliphatic heterocycles. The molecule has 0 atom stereocenters. The summed E-state index contributed by atoms with van der Waals surface area (Å²) in [7, 11) is -2.33. The second-order valence-electron chi connectivity index (χ2n) is 4.86. The van der Waals surface area contributed by atoms with Crippen LogP contribution < -0.4 is 5.14 Å². The minimum atomic E-state index is -3.76. The van der Waals surface area contributed by atoms with E-state index in [2.05, 4.69) is 5.16 Å². The molecule has 0 aliphatic carbocycles. The predicted molar refractivity (Wildman–Crippen MR) is 92.9 cm³/mol. The van der Waals surface area contributed by atoms with Crippen molar-refractivity contribution in [2.75, 3.05) is 13.7 Å². The van der Waals surface area contributed by atoms with E-state index in [-0.39, 0.29) is 11.5 Å². The summed E-state index contributed by atoms with van der Waals surface area (Å²) in [5, 5.41) is 18.5. The molecule has 126 valence electrons. The summed E-state index contributed by atoms with van der Waals surface area (Å²) in [6.07, 6.45) is 1.58. The zero-order valence-corrected chi connectivity index (χ0v) is 13.9. The molecule has 0 unspecified atom stereocenters. The Labute approximate surface area is 140 Å². The number of aliphatic hydroxyl groups excluding tert-OH is 1. The highest BCUT2D eigenvalue weighted by Crippen LogP contribution is 2.22. The smallest absolute Gasteiger partial charge is 0.238 e. The number of oxime groups is 1. The van der Waals surface area contributed by atoms with Gasteiger partial charge in [-0.15, -0.1) is 0 Å². The fraction of sp³-hybridized carbons (Fsp3) is 0.118. The number of sulfonamides is 1. The number of aliphatic hydroxyl groups is 1. The Morgan fingerprint density at radius 2 is 1.75 bits per heavy atom. The molecule has 2 aromatic carbocycles. The van der Waals surface area contributed by atoms with E-state index in [1.54, 1.807) is 18.2 Å². The number of rotatable bonds is 6. The van der Waals surface area contributed by atoms with Crippen LogP contribution in [0.5, 0.6) is 0 Å². The molecule has 0 radical (unpaired) electrons. The lowest BCUT2D eigenvalue weighted by Gasteiger charge is -2.12. The first kappa shape index (κ1) is 17.9. The Morgan fingerprint density at radius 3 is 2.25 bits per heavy atom. The molecule has 2 aromatic rings. The maximum Gasteiger partial charge on any atom is 0.238 e. The average Bonchev–Trinajstić information content (AvgIpc) is 2.58. The van der Waals surface area contributed by atoms with Gasteiger partial charge in [-0.3, -0.25) is 0 Å². The maximum absolute atomic E-state index is 11.4. The van der Waals surface area contributed by atoms with Crippen molar-refractivity contribution >= 4 is 21.3 Å². The highest BCUT2D eigenvalue weighted by Gasteiger charge is 2.15. The number of primary sulfonamides is 1. The van der Waals surface area contributed by atoms with Crippen molar-refractivity contribution in [1.82, 2.24) is 0 Å². The van der Waals surface area contributed by atoms with Crippen LogP contribution in [-0.4, -0.2) is 33.0 Å². The van der Waals surface area contributed by atoms with Gasteiger partial charge in [-0.2, -0.15) is 0 Å². The summed E-state index contributed by atoms with van der Waals surface area (Å²) in [4.78, 5) is 4.95. The van der Waals surface area contributed by atoms with Crippen LogP contribution in [0.1, 0.15) is 11.1 Å². The zero-order valence-electron chi connectivity index (χ0n) is 13.1. The van der Waals surface area contributed by atoms with Gasteiger partial charge in [0.2, 0.25) is 10.0 Å². The van der Waals surface area contributed by atoms with E-state index in [9.17, 15) is 13.5 Å². The van der Waals surface area contributed by atoms with Crippen LogP contribution in [0.4, 0.5) is 0 Å². The third kappa shape index (κ3) is 4.29. The number of hydrogen-bond acceptors (Lipinski definition) is 5. The topological polar surface area (TPSA) is 102 Å². The summed E-state index contributed by atoms with van der Waals surface area (Å²) in [5.74, 6) is 0. The highest BCUT2D eigenvalue weighted by atomic mass is 32.2. The quantitative estimate of drug-likeness (QED) is 0.614. The maximum atomic E-state index is 11.4. The van der Waals surface area contributed by atoms with Gasteiger partial charge in [0.25, 0.3) is 0 Å². The van der Waals surface area contributed by atoms with E-state index in [1.165, 1.54) is 19.2 Å². The molecule has 0 spiro atoms. The summed E-state index contributed by atoms with van der Waals surface area (Å²) in [5.41, 5.74) is 2.62. The van der Waals surface area contributed by atoms with E-state index in [0.717, 1.165) is 5.56 Å². The number of hydrogen-bond donors (Lipinski definition) is 2. The normalized spacial score (nSPS) is 13.0. The molecule has 2 rings (SSSR count). The van der Waals surface area contributed by atoms with Gasteiger partial charge in [0.1, 0.15) is 12.8 Å². The Morgan fingerprint density at radius 1 is 1.12 bits per heavy atom. The Hall–Kier alpha value is -2.48. The molecule has 0 aromatic heterocycles.